The number of halogens is 1. The van der Waals surface area contributed by atoms with Crippen LogP contribution in [0.25, 0.3) is 0 Å². The van der Waals surface area contributed by atoms with E-state index in [1.165, 1.54) is 11.1 Å². The third-order valence-electron chi connectivity index (χ3n) is 3.51. The molecule has 1 heterocycles. The number of hydrogen-bond donors (Lipinski definition) is 1. The lowest BCUT2D eigenvalue weighted by atomic mass is 9.96. The van der Waals surface area contributed by atoms with Gasteiger partial charge >= 0.3 is 0 Å². The predicted molar refractivity (Wildman–Crippen MR) is 82.4 cm³/mol. The monoisotopic (exact) mass is 321 g/mol. The van der Waals surface area contributed by atoms with Crippen LogP contribution in [-0.4, -0.2) is 15.8 Å². The second-order valence-corrected chi connectivity index (χ2v) is 5.88. The van der Waals surface area contributed by atoms with Crippen LogP contribution in [0.4, 0.5) is 0 Å². The highest BCUT2D eigenvalue weighted by Crippen LogP contribution is 2.29. The number of aromatic nitrogens is 2. The summed E-state index contributed by atoms with van der Waals surface area (Å²) in [4.78, 5) is 0. The molecule has 0 aliphatic heterocycles. The third-order valence-corrected chi connectivity index (χ3v) is 4.65. The van der Waals surface area contributed by atoms with Crippen molar-refractivity contribution >= 4 is 15.9 Å². The van der Waals surface area contributed by atoms with Crippen molar-refractivity contribution in [2.75, 3.05) is 0 Å². The zero-order chi connectivity index (χ0) is 14.2. The molecule has 0 aliphatic carbocycles. The van der Waals surface area contributed by atoms with E-state index in [0.717, 1.165) is 15.9 Å². The first-order chi connectivity index (χ1) is 8.93. The minimum absolute atomic E-state index is 0.00833. The van der Waals surface area contributed by atoms with Gasteiger partial charge in [0.15, 0.2) is 0 Å². The number of nitrogens with two attached hydrogens (primary N) is 1. The van der Waals surface area contributed by atoms with Crippen LogP contribution in [0.5, 0.6) is 0 Å². The SMILES string of the molecule is Cc1ccccc1C(C(C)N)n1nc(C)c(Br)c1C. The van der Waals surface area contributed by atoms with E-state index in [4.69, 9.17) is 5.73 Å². The van der Waals surface area contributed by atoms with Crippen molar-refractivity contribution in [1.82, 2.24) is 9.78 Å². The van der Waals surface area contributed by atoms with E-state index in [9.17, 15) is 0 Å². The van der Waals surface area contributed by atoms with Crippen LogP contribution in [0.1, 0.15) is 35.5 Å². The summed E-state index contributed by atoms with van der Waals surface area (Å²) in [6.45, 7) is 8.22. The Labute approximate surface area is 122 Å². The molecule has 102 valence electrons. The molecular weight excluding hydrogens is 302 g/mol. The van der Waals surface area contributed by atoms with Crippen LogP contribution in [0.3, 0.4) is 0 Å². The van der Waals surface area contributed by atoms with Crippen LogP contribution < -0.4 is 5.73 Å². The van der Waals surface area contributed by atoms with E-state index in [0.29, 0.717) is 0 Å². The Morgan fingerprint density at radius 2 is 1.84 bits per heavy atom. The molecule has 2 atom stereocenters. The maximum Gasteiger partial charge on any atom is 0.0922 e. The fourth-order valence-electron chi connectivity index (χ4n) is 2.47. The van der Waals surface area contributed by atoms with Crippen LogP contribution in [-0.2, 0) is 0 Å². The molecule has 0 bridgehead atoms. The van der Waals surface area contributed by atoms with E-state index in [1.54, 1.807) is 0 Å². The van der Waals surface area contributed by atoms with Crippen LogP contribution in [0.15, 0.2) is 28.7 Å². The molecule has 0 aliphatic rings. The lowest BCUT2D eigenvalue weighted by Gasteiger charge is -2.25. The number of benzene rings is 1. The van der Waals surface area contributed by atoms with Crippen LogP contribution in [0, 0.1) is 20.8 Å². The second-order valence-electron chi connectivity index (χ2n) is 5.09. The number of nitrogens with zero attached hydrogens (tertiary/aromatic N) is 2. The Morgan fingerprint density at radius 3 is 2.32 bits per heavy atom. The lowest BCUT2D eigenvalue weighted by Crippen LogP contribution is -2.32. The molecule has 1 aromatic carbocycles. The average molecular weight is 322 g/mol. The van der Waals surface area contributed by atoms with Crippen molar-refractivity contribution in [3.05, 3.63) is 51.3 Å². The minimum Gasteiger partial charge on any atom is -0.326 e. The topological polar surface area (TPSA) is 43.8 Å². The summed E-state index contributed by atoms with van der Waals surface area (Å²) < 4.78 is 3.10. The van der Waals surface area contributed by atoms with Crippen LogP contribution in [0.2, 0.25) is 0 Å². The van der Waals surface area contributed by atoms with Gasteiger partial charge in [-0.2, -0.15) is 5.10 Å². The first-order valence-electron chi connectivity index (χ1n) is 6.45. The largest absolute Gasteiger partial charge is 0.326 e. The predicted octanol–water partition coefficient (Wildman–Crippen LogP) is 3.51. The Kier molecular flexibility index (Phi) is 4.11. The fourth-order valence-corrected chi connectivity index (χ4v) is 2.73. The molecule has 0 saturated heterocycles. The highest BCUT2D eigenvalue weighted by Gasteiger charge is 2.24. The maximum absolute atomic E-state index is 6.22. The van der Waals surface area contributed by atoms with Crippen molar-refractivity contribution in [1.29, 1.82) is 0 Å². The Bertz CT molecular complexity index is 587. The van der Waals surface area contributed by atoms with Crippen molar-refractivity contribution in [3.8, 4) is 0 Å². The normalized spacial score (nSPS) is 14.4. The molecule has 0 saturated carbocycles. The maximum atomic E-state index is 6.22. The van der Waals surface area contributed by atoms with Gasteiger partial charge in [0.2, 0.25) is 0 Å². The zero-order valence-corrected chi connectivity index (χ0v) is 13.4. The molecule has 2 unspecified atom stereocenters. The molecule has 19 heavy (non-hydrogen) atoms. The summed E-state index contributed by atoms with van der Waals surface area (Å²) in [6.07, 6.45) is 0. The Hall–Kier alpha value is -1.13. The van der Waals surface area contributed by atoms with Gasteiger partial charge in [-0.25, -0.2) is 0 Å². The number of hydrogen-bond acceptors (Lipinski definition) is 2. The molecule has 0 fully saturated rings. The van der Waals surface area contributed by atoms with Gasteiger partial charge in [0.25, 0.3) is 0 Å². The van der Waals surface area contributed by atoms with E-state index < -0.39 is 0 Å². The van der Waals surface area contributed by atoms with Gasteiger partial charge in [-0.1, -0.05) is 24.3 Å². The lowest BCUT2D eigenvalue weighted by molar-refractivity contribution is 0.442. The van der Waals surface area contributed by atoms with Gasteiger partial charge in [0, 0.05) is 6.04 Å². The quantitative estimate of drug-likeness (QED) is 0.940. The van der Waals surface area contributed by atoms with Gasteiger partial charge in [-0.3, -0.25) is 4.68 Å². The molecule has 1 aromatic heterocycles. The van der Waals surface area contributed by atoms with E-state index >= 15 is 0 Å². The minimum atomic E-state index is -0.00833. The summed E-state index contributed by atoms with van der Waals surface area (Å²) in [5.74, 6) is 0. The molecule has 0 radical (unpaired) electrons. The summed E-state index contributed by atoms with van der Waals surface area (Å²) in [5, 5.41) is 4.64. The average Bonchev–Trinajstić information content (AvgIpc) is 2.60. The first-order valence-corrected chi connectivity index (χ1v) is 7.25. The standard InChI is InChI=1S/C15H20BrN3/c1-9-7-5-6-8-13(9)15(10(2)17)19-12(4)14(16)11(3)18-19/h5-8,10,15H,17H2,1-4H3. The summed E-state index contributed by atoms with van der Waals surface area (Å²) >= 11 is 3.58. The molecule has 0 amide bonds. The van der Waals surface area contributed by atoms with Crippen molar-refractivity contribution < 1.29 is 0 Å². The van der Waals surface area contributed by atoms with E-state index in [2.05, 4.69) is 53.1 Å². The number of aryl methyl sites for hydroxylation is 2. The summed E-state index contributed by atoms with van der Waals surface area (Å²) in [6, 6.07) is 8.41. The van der Waals surface area contributed by atoms with Gasteiger partial charge in [-0.15, -0.1) is 0 Å². The number of rotatable bonds is 3. The van der Waals surface area contributed by atoms with Gasteiger partial charge in [0.1, 0.15) is 0 Å². The van der Waals surface area contributed by atoms with Crippen molar-refractivity contribution in [3.63, 3.8) is 0 Å². The van der Waals surface area contributed by atoms with Gasteiger partial charge < -0.3 is 5.73 Å². The summed E-state index contributed by atoms with van der Waals surface area (Å²) in [5.41, 5.74) is 10.8. The van der Waals surface area contributed by atoms with Gasteiger partial charge in [-0.05, 0) is 54.8 Å². The molecule has 2 N–H and O–H groups in total. The second kappa shape index (κ2) is 5.47. The molecule has 4 heteroatoms. The Morgan fingerprint density at radius 1 is 1.21 bits per heavy atom. The highest BCUT2D eigenvalue weighted by molar-refractivity contribution is 9.10. The first kappa shape index (κ1) is 14.3. The molecule has 2 aromatic rings. The smallest absolute Gasteiger partial charge is 0.0922 e. The van der Waals surface area contributed by atoms with E-state index in [1.807, 2.05) is 24.6 Å². The highest BCUT2D eigenvalue weighted by atomic mass is 79.9. The Balaban J connectivity index is 2.59. The van der Waals surface area contributed by atoms with E-state index in [-0.39, 0.29) is 12.1 Å². The zero-order valence-electron chi connectivity index (χ0n) is 11.8. The fraction of sp³-hybridized carbons (Fsp3) is 0.400. The third kappa shape index (κ3) is 2.60. The molecule has 2 rings (SSSR count). The van der Waals surface area contributed by atoms with Crippen molar-refractivity contribution in [2.45, 2.75) is 39.8 Å². The summed E-state index contributed by atoms with van der Waals surface area (Å²) in [7, 11) is 0. The molecule has 3 nitrogen and oxygen atoms in total. The van der Waals surface area contributed by atoms with Crippen molar-refractivity contribution in [2.24, 2.45) is 5.73 Å². The van der Waals surface area contributed by atoms with Crippen LogP contribution >= 0.6 is 15.9 Å². The van der Waals surface area contributed by atoms with Gasteiger partial charge in [0.05, 0.1) is 21.9 Å². The molecular formula is C15H20BrN3. The molecule has 0 spiro atoms.